The first-order valence-electron chi connectivity index (χ1n) is 8.98. The van der Waals surface area contributed by atoms with E-state index in [1.807, 2.05) is 35.6 Å². The summed E-state index contributed by atoms with van der Waals surface area (Å²) in [6, 6.07) is 22.9. The smallest absolute Gasteiger partial charge is 0.231 e. The van der Waals surface area contributed by atoms with E-state index in [1.54, 1.807) is 0 Å². The molecule has 0 amide bonds. The van der Waals surface area contributed by atoms with Gasteiger partial charge < -0.3 is 0 Å². The lowest BCUT2D eigenvalue weighted by Crippen LogP contribution is -2.35. The molecular formula is C22H20N5+. The van der Waals surface area contributed by atoms with Crippen molar-refractivity contribution < 1.29 is 4.57 Å². The van der Waals surface area contributed by atoms with Crippen molar-refractivity contribution in [2.45, 2.75) is 0 Å². The van der Waals surface area contributed by atoms with Crippen LogP contribution in [0.3, 0.4) is 0 Å². The first-order chi connectivity index (χ1) is 13.1. The van der Waals surface area contributed by atoms with Crippen LogP contribution in [0.25, 0.3) is 44.6 Å². The highest BCUT2D eigenvalue weighted by atomic mass is 15.3. The Morgan fingerprint density at radius 2 is 1.07 bits per heavy atom. The Morgan fingerprint density at radius 3 is 1.56 bits per heavy atom. The number of rotatable bonds is 2. The zero-order valence-electron chi connectivity index (χ0n) is 15.6. The summed E-state index contributed by atoms with van der Waals surface area (Å²) in [7, 11) is 6.11. The fourth-order valence-corrected chi connectivity index (χ4v) is 3.96. The molecule has 3 heterocycles. The minimum Gasteiger partial charge on any atom is -0.261 e. The van der Waals surface area contributed by atoms with Crippen LogP contribution in [0.5, 0.6) is 0 Å². The second-order valence-electron chi connectivity index (χ2n) is 6.83. The molecule has 2 aromatic carbocycles. The number of nitrogens with zero attached hydrogens (tertiary/aromatic N) is 5. The van der Waals surface area contributed by atoms with E-state index >= 15 is 0 Å². The Bertz CT molecular complexity index is 1210. The predicted octanol–water partition coefficient (Wildman–Crippen LogP) is 3.62. The van der Waals surface area contributed by atoms with Crippen molar-refractivity contribution >= 4 is 21.8 Å². The van der Waals surface area contributed by atoms with Gasteiger partial charge in [-0.25, -0.2) is 0 Å². The fraction of sp³-hybridized carbons (Fsp3) is 0.136. The van der Waals surface area contributed by atoms with Crippen LogP contribution in [0.2, 0.25) is 0 Å². The van der Waals surface area contributed by atoms with Gasteiger partial charge in [0.1, 0.15) is 18.4 Å². The molecule has 0 aliphatic heterocycles. The molecule has 0 unspecified atom stereocenters. The maximum absolute atomic E-state index is 4.68. The molecule has 5 rings (SSSR count). The highest BCUT2D eigenvalue weighted by Gasteiger charge is 2.24. The molecular weight excluding hydrogens is 334 g/mol. The van der Waals surface area contributed by atoms with Crippen molar-refractivity contribution in [2.24, 2.45) is 21.1 Å². The summed E-state index contributed by atoms with van der Waals surface area (Å²) in [4.78, 5) is 0. The summed E-state index contributed by atoms with van der Waals surface area (Å²) in [6.45, 7) is 0. The van der Waals surface area contributed by atoms with Crippen LogP contribution in [0, 0.1) is 0 Å². The molecule has 0 aliphatic carbocycles. The van der Waals surface area contributed by atoms with Crippen LogP contribution < -0.4 is 4.57 Å². The SMILES string of the molecule is Cn1nc2ccccc2c1-c1cccc(-c2c3ccccc3nn2C)[n+]1C. The zero-order valence-corrected chi connectivity index (χ0v) is 15.6. The molecule has 3 aromatic heterocycles. The van der Waals surface area contributed by atoms with Gasteiger partial charge in [-0.2, -0.15) is 14.8 Å². The third-order valence-electron chi connectivity index (χ3n) is 5.20. The Morgan fingerprint density at radius 1 is 0.630 bits per heavy atom. The Kier molecular flexibility index (Phi) is 3.37. The van der Waals surface area contributed by atoms with Crippen LogP contribution in [0.4, 0.5) is 0 Å². The monoisotopic (exact) mass is 354 g/mol. The highest BCUT2D eigenvalue weighted by Crippen LogP contribution is 2.29. The largest absolute Gasteiger partial charge is 0.261 e. The van der Waals surface area contributed by atoms with Crippen LogP contribution in [0.1, 0.15) is 0 Å². The fourth-order valence-electron chi connectivity index (χ4n) is 3.96. The molecule has 0 aliphatic rings. The summed E-state index contributed by atoms with van der Waals surface area (Å²) < 4.78 is 6.16. The quantitative estimate of drug-likeness (QED) is 0.454. The topological polar surface area (TPSA) is 39.5 Å². The molecule has 0 saturated carbocycles. The van der Waals surface area contributed by atoms with Gasteiger partial charge in [0.05, 0.1) is 11.0 Å². The lowest BCUT2D eigenvalue weighted by Gasteiger charge is -2.07. The van der Waals surface area contributed by atoms with E-state index < -0.39 is 0 Å². The van der Waals surface area contributed by atoms with Crippen LogP contribution in [-0.2, 0) is 21.1 Å². The van der Waals surface area contributed by atoms with E-state index in [0.717, 1.165) is 44.6 Å². The second-order valence-corrected chi connectivity index (χ2v) is 6.83. The van der Waals surface area contributed by atoms with Crippen molar-refractivity contribution in [1.82, 2.24) is 19.6 Å². The van der Waals surface area contributed by atoms with Crippen LogP contribution in [-0.4, -0.2) is 19.6 Å². The van der Waals surface area contributed by atoms with Gasteiger partial charge in [0, 0.05) is 37.0 Å². The van der Waals surface area contributed by atoms with Crippen LogP contribution >= 0.6 is 0 Å². The Balaban J connectivity index is 1.81. The van der Waals surface area contributed by atoms with Crippen molar-refractivity contribution in [3.05, 3.63) is 66.7 Å². The number of fused-ring (bicyclic) bond motifs is 2. The standard InChI is InChI=1S/C22H20N5/c1-25-19(21-15-9-4-6-11-17(15)23-26(21)2)13-8-14-20(25)22-16-10-5-7-12-18(16)24-27(22)3/h4-14H,1-3H3/q+1. The number of hydrogen-bond donors (Lipinski definition) is 0. The molecule has 5 aromatic rings. The van der Waals surface area contributed by atoms with Crippen LogP contribution in [0.15, 0.2) is 66.7 Å². The first-order valence-corrected chi connectivity index (χ1v) is 8.98. The van der Waals surface area contributed by atoms with E-state index in [1.165, 1.54) is 0 Å². The molecule has 0 radical (unpaired) electrons. The first kappa shape index (κ1) is 15.8. The number of aromatic nitrogens is 5. The molecule has 0 saturated heterocycles. The van der Waals surface area contributed by atoms with Gasteiger partial charge in [0.15, 0.2) is 0 Å². The van der Waals surface area contributed by atoms with Crippen molar-refractivity contribution in [2.75, 3.05) is 0 Å². The minimum atomic E-state index is 1.01. The number of hydrogen-bond acceptors (Lipinski definition) is 2. The number of benzene rings is 2. The van der Waals surface area contributed by atoms with E-state index in [-0.39, 0.29) is 0 Å². The highest BCUT2D eigenvalue weighted by molar-refractivity contribution is 5.93. The van der Waals surface area contributed by atoms with E-state index in [2.05, 4.69) is 76.4 Å². The molecule has 0 spiro atoms. The van der Waals surface area contributed by atoms with Gasteiger partial charge in [-0.3, -0.25) is 9.36 Å². The molecule has 0 fully saturated rings. The van der Waals surface area contributed by atoms with Crippen molar-refractivity contribution in [3.8, 4) is 22.8 Å². The third-order valence-corrected chi connectivity index (χ3v) is 5.20. The second kappa shape index (κ2) is 5.77. The lowest BCUT2D eigenvalue weighted by atomic mass is 10.1. The molecule has 0 atom stereocenters. The summed E-state index contributed by atoms with van der Waals surface area (Å²) >= 11 is 0. The van der Waals surface area contributed by atoms with E-state index in [0.29, 0.717) is 0 Å². The lowest BCUT2D eigenvalue weighted by molar-refractivity contribution is -0.649. The molecule has 0 N–H and O–H groups in total. The van der Waals surface area contributed by atoms with Gasteiger partial charge in [-0.05, 0) is 18.2 Å². The summed E-state index contributed by atoms with van der Waals surface area (Å²) in [6.07, 6.45) is 0. The minimum absolute atomic E-state index is 1.01. The van der Waals surface area contributed by atoms with E-state index in [4.69, 9.17) is 0 Å². The summed E-state index contributed by atoms with van der Waals surface area (Å²) in [5, 5.41) is 11.7. The summed E-state index contributed by atoms with van der Waals surface area (Å²) in [5.41, 5.74) is 6.48. The molecule has 0 bridgehead atoms. The number of pyridine rings is 1. The third kappa shape index (κ3) is 2.28. The molecule has 5 nitrogen and oxygen atoms in total. The van der Waals surface area contributed by atoms with Gasteiger partial charge in [-0.15, -0.1) is 0 Å². The Labute approximate surface area is 157 Å². The van der Waals surface area contributed by atoms with Gasteiger partial charge in [0.25, 0.3) is 0 Å². The molecule has 5 heteroatoms. The van der Waals surface area contributed by atoms with Gasteiger partial charge in [0.2, 0.25) is 11.4 Å². The molecule has 27 heavy (non-hydrogen) atoms. The number of aryl methyl sites for hydroxylation is 2. The average molecular weight is 354 g/mol. The summed E-state index contributed by atoms with van der Waals surface area (Å²) in [5.74, 6) is 0. The predicted molar refractivity (Wildman–Crippen MR) is 107 cm³/mol. The molecule has 132 valence electrons. The van der Waals surface area contributed by atoms with Crippen molar-refractivity contribution in [3.63, 3.8) is 0 Å². The normalized spacial score (nSPS) is 11.5. The maximum Gasteiger partial charge on any atom is 0.231 e. The van der Waals surface area contributed by atoms with Gasteiger partial charge >= 0.3 is 0 Å². The average Bonchev–Trinajstić information content (AvgIpc) is 3.17. The van der Waals surface area contributed by atoms with Crippen molar-refractivity contribution in [1.29, 1.82) is 0 Å². The zero-order chi connectivity index (χ0) is 18.5. The van der Waals surface area contributed by atoms with E-state index in [9.17, 15) is 0 Å². The van der Waals surface area contributed by atoms with Gasteiger partial charge in [-0.1, -0.05) is 36.4 Å². The maximum atomic E-state index is 4.68. The Hall–Kier alpha value is -3.47.